The molecule has 0 aromatic carbocycles. The minimum Gasteiger partial charge on any atom is -0.462 e. The third kappa shape index (κ3) is 3.34. The molecule has 1 aromatic rings. The fraction of sp³-hybridized carbons (Fsp3) is 0.667. The van der Waals surface area contributed by atoms with Crippen LogP contribution in [0.1, 0.15) is 41.9 Å². The normalized spacial score (nSPS) is 21.5. The van der Waals surface area contributed by atoms with E-state index >= 15 is 0 Å². The Labute approximate surface area is 118 Å². The first-order chi connectivity index (χ1) is 9.85. The number of hydrogen-bond acceptors (Lipinski definition) is 4. The number of halogens is 4. The molecule has 0 aliphatic carbocycles. The van der Waals surface area contributed by atoms with Gasteiger partial charge >= 0.3 is 5.97 Å². The van der Waals surface area contributed by atoms with Gasteiger partial charge in [0.25, 0.3) is 12.3 Å². The Morgan fingerprint density at radius 3 is 2.90 bits per heavy atom. The largest absolute Gasteiger partial charge is 0.462 e. The van der Waals surface area contributed by atoms with Crippen molar-refractivity contribution >= 4 is 5.97 Å². The summed E-state index contributed by atoms with van der Waals surface area (Å²) in [6.45, 7) is 1.14. The minimum atomic E-state index is -3.01. The highest BCUT2D eigenvalue weighted by Gasteiger charge is 2.39. The molecule has 0 amide bonds. The molecule has 118 valence electrons. The van der Waals surface area contributed by atoms with Crippen molar-refractivity contribution in [3.05, 3.63) is 17.5 Å². The maximum atomic E-state index is 13.4. The lowest BCUT2D eigenvalue weighted by atomic mass is 10.0. The summed E-state index contributed by atoms with van der Waals surface area (Å²) in [5.74, 6) is -3.94. The van der Waals surface area contributed by atoms with Crippen molar-refractivity contribution in [3.63, 3.8) is 0 Å². The van der Waals surface area contributed by atoms with Gasteiger partial charge in [-0.15, -0.1) is 0 Å². The molecule has 0 bridgehead atoms. The number of nitrogens with one attached hydrogen (secondary N) is 1. The number of carbonyl (C=O) groups excluding carboxylic acids is 1. The Morgan fingerprint density at radius 2 is 2.33 bits per heavy atom. The van der Waals surface area contributed by atoms with Crippen LogP contribution in [-0.2, 0) is 4.74 Å². The van der Waals surface area contributed by atoms with Crippen molar-refractivity contribution in [1.82, 2.24) is 15.1 Å². The summed E-state index contributed by atoms with van der Waals surface area (Å²) >= 11 is 0. The number of ether oxygens (including phenoxy) is 1. The minimum absolute atomic E-state index is 0.0236. The molecule has 1 unspecified atom stereocenters. The number of nitrogens with zero attached hydrogens (tertiary/aromatic N) is 2. The molecule has 1 aromatic heterocycles. The van der Waals surface area contributed by atoms with Crippen molar-refractivity contribution in [2.24, 2.45) is 0 Å². The lowest BCUT2D eigenvalue weighted by Gasteiger charge is -2.30. The monoisotopic (exact) mass is 309 g/mol. The fourth-order valence-electron chi connectivity index (χ4n) is 2.33. The lowest BCUT2D eigenvalue weighted by molar-refractivity contribution is -0.0397. The van der Waals surface area contributed by atoms with Crippen LogP contribution in [0, 0.1) is 0 Å². The Kier molecular flexibility index (Phi) is 4.50. The molecule has 1 aliphatic rings. The summed E-state index contributed by atoms with van der Waals surface area (Å²) in [6.07, 6.45) is -2.68. The standard InChI is InChI=1S/C12H15F4N3O2/c1-2-21-11(20)8-5-18-19(9(8)10(13)14)7-3-12(15,16)6-17-4-7/h5,7,10,17H,2-4,6H2,1H3. The van der Waals surface area contributed by atoms with E-state index in [0.29, 0.717) is 0 Å². The molecule has 0 spiro atoms. The van der Waals surface area contributed by atoms with E-state index in [4.69, 9.17) is 0 Å². The highest BCUT2D eigenvalue weighted by molar-refractivity contribution is 5.90. The van der Waals surface area contributed by atoms with Crippen LogP contribution in [-0.4, -0.2) is 41.4 Å². The van der Waals surface area contributed by atoms with Gasteiger partial charge in [-0.1, -0.05) is 0 Å². The highest BCUT2D eigenvalue weighted by atomic mass is 19.3. The number of carbonyl (C=O) groups is 1. The molecular formula is C12H15F4N3O2. The van der Waals surface area contributed by atoms with Gasteiger partial charge < -0.3 is 10.1 Å². The van der Waals surface area contributed by atoms with Crippen molar-refractivity contribution in [3.8, 4) is 0 Å². The maximum Gasteiger partial charge on any atom is 0.341 e. The second-order valence-electron chi connectivity index (χ2n) is 4.75. The Hall–Kier alpha value is -1.64. The summed E-state index contributed by atoms with van der Waals surface area (Å²) in [7, 11) is 0. The first-order valence-corrected chi connectivity index (χ1v) is 6.47. The van der Waals surface area contributed by atoms with E-state index in [-0.39, 0.29) is 18.7 Å². The average Bonchev–Trinajstić information content (AvgIpc) is 2.82. The van der Waals surface area contributed by atoms with Crippen molar-refractivity contribution in [1.29, 1.82) is 0 Å². The van der Waals surface area contributed by atoms with Crippen LogP contribution in [0.5, 0.6) is 0 Å². The first kappa shape index (κ1) is 15.7. The summed E-state index contributed by atoms with van der Waals surface area (Å²) in [5.41, 5.74) is -1.07. The smallest absolute Gasteiger partial charge is 0.341 e. The van der Waals surface area contributed by atoms with Crippen molar-refractivity contribution in [2.45, 2.75) is 31.7 Å². The number of hydrogen-bond donors (Lipinski definition) is 1. The van der Waals surface area contributed by atoms with Gasteiger partial charge in [0.2, 0.25) is 0 Å². The van der Waals surface area contributed by atoms with Gasteiger partial charge in [0, 0.05) is 13.0 Å². The zero-order chi connectivity index (χ0) is 15.6. The predicted octanol–water partition coefficient (Wildman–Crippen LogP) is 2.17. The third-order valence-electron chi connectivity index (χ3n) is 3.18. The molecule has 2 heterocycles. The molecule has 0 saturated carbocycles. The van der Waals surface area contributed by atoms with Crippen LogP contribution in [0.2, 0.25) is 0 Å². The Balaban J connectivity index is 2.33. The number of piperidine rings is 1. The number of alkyl halides is 4. The van der Waals surface area contributed by atoms with Crippen LogP contribution in [0.25, 0.3) is 0 Å². The summed E-state index contributed by atoms with van der Waals surface area (Å²) in [6, 6.07) is -0.944. The zero-order valence-electron chi connectivity index (χ0n) is 11.3. The van der Waals surface area contributed by atoms with E-state index in [1.165, 1.54) is 6.92 Å². The van der Waals surface area contributed by atoms with Gasteiger partial charge in [0.15, 0.2) is 0 Å². The molecular weight excluding hydrogens is 294 g/mol. The van der Waals surface area contributed by atoms with Crippen LogP contribution in [0.15, 0.2) is 6.20 Å². The number of aromatic nitrogens is 2. The van der Waals surface area contributed by atoms with Gasteiger partial charge in [-0.05, 0) is 6.92 Å². The topological polar surface area (TPSA) is 56.1 Å². The molecule has 2 rings (SSSR count). The van der Waals surface area contributed by atoms with Crippen molar-refractivity contribution < 1.29 is 27.1 Å². The first-order valence-electron chi connectivity index (χ1n) is 6.47. The average molecular weight is 309 g/mol. The van der Waals surface area contributed by atoms with E-state index < -0.39 is 43.0 Å². The molecule has 9 heteroatoms. The molecule has 0 radical (unpaired) electrons. The van der Waals surface area contributed by atoms with Gasteiger partial charge in [-0.3, -0.25) is 4.68 Å². The molecule has 1 atom stereocenters. The predicted molar refractivity (Wildman–Crippen MR) is 64.6 cm³/mol. The van der Waals surface area contributed by atoms with E-state index in [2.05, 4.69) is 15.2 Å². The molecule has 1 aliphatic heterocycles. The fourth-order valence-corrected chi connectivity index (χ4v) is 2.33. The van der Waals surface area contributed by atoms with Gasteiger partial charge in [0.05, 0.1) is 25.4 Å². The zero-order valence-corrected chi connectivity index (χ0v) is 11.3. The maximum absolute atomic E-state index is 13.4. The van der Waals surface area contributed by atoms with Gasteiger partial charge in [-0.25, -0.2) is 22.4 Å². The van der Waals surface area contributed by atoms with Crippen LogP contribution in [0.4, 0.5) is 17.6 Å². The van der Waals surface area contributed by atoms with Crippen LogP contribution >= 0.6 is 0 Å². The van der Waals surface area contributed by atoms with E-state index in [9.17, 15) is 22.4 Å². The second kappa shape index (κ2) is 6.00. The van der Waals surface area contributed by atoms with Gasteiger partial charge in [0.1, 0.15) is 11.3 Å². The van der Waals surface area contributed by atoms with Crippen molar-refractivity contribution in [2.75, 3.05) is 19.7 Å². The highest BCUT2D eigenvalue weighted by Crippen LogP contribution is 2.33. The molecule has 1 fully saturated rings. The van der Waals surface area contributed by atoms with E-state index in [0.717, 1.165) is 10.9 Å². The van der Waals surface area contributed by atoms with Gasteiger partial charge in [-0.2, -0.15) is 5.10 Å². The van der Waals surface area contributed by atoms with Crippen LogP contribution < -0.4 is 5.32 Å². The molecule has 5 nitrogen and oxygen atoms in total. The summed E-state index contributed by atoms with van der Waals surface area (Å²) in [5, 5.41) is 6.17. The quantitative estimate of drug-likeness (QED) is 0.684. The molecule has 1 saturated heterocycles. The van der Waals surface area contributed by atoms with E-state index in [1.807, 2.05) is 0 Å². The SMILES string of the molecule is CCOC(=O)c1cnn(C2CNCC(F)(F)C2)c1C(F)F. The number of rotatable bonds is 4. The Bertz CT molecular complexity index is 519. The Morgan fingerprint density at radius 1 is 1.62 bits per heavy atom. The lowest BCUT2D eigenvalue weighted by Crippen LogP contribution is -2.45. The summed E-state index contributed by atoms with van der Waals surface area (Å²) in [4.78, 5) is 11.6. The third-order valence-corrected chi connectivity index (χ3v) is 3.18. The number of esters is 1. The second-order valence-corrected chi connectivity index (χ2v) is 4.75. The molecule has 21 heavy (non-hydrogen) atoms. The summed E-state index contributed by atoms with van der Waals surface area (Å²) < 4.78 is 58.6. The molecule has 1 N–H and O–H groups in total. The van der Waals surface area contributed by atoms with E-state index in [1.54, 1.807) is 0 Å². The van der Waals surface area contributed by atoms with Crippen LogP contribution in [0.3, 0.4) is 0 Å².